The van der Waals surface area contributed by atoms with Gasteiger partial charge in [0.25, 0.3) is 0 Å². The van der Waals surface area contributed by atoms with Crippen LogP contribution in [0.1, 0.15) is 55.6 Å². The Morgan fingerprint density at radius 2 is 2.03 bits per heavy atom. The summed E-state index contributed by atoms with van der Waals surface area (Å²) in [6, 6.07) is 12.8. The maximum atomic E-state index is 15.4. The van der Waals surface area contributed by atoms with Crippen LogP contribution in [0.5, 0.6) is 0 Å². The van der Waals surface area contributed by atoms with Gasteiger partial charge < -0.3 is 25.8 Å². The van der Waals surface area contributed by atoms with Gasteiger partial charge in [-0.2, -0.15) is 0 Å². The minimum absolute atomic E-state index is 0.00677. The number of carbonyl (C=O) groups excluding carboxylic acids is 2. The van der Waals surface area contributed by atoms with Crippen LogP contribution in [-0.2, 0) is 9.53 Å². The number of likely N-dealkylation sites (tertiary alicyclic amines) is 1. The van der Waals surface area contributed by atoms with Crippen LogP contribution >= 0.6 is 0 Å². The zero-order valence-electron chi connectivity index (χ0n) is 22.4. The molecule has 2 amide bonds. The first kappa shape index (κ1) is 28.0. The quantitative estimate of drug-likeness (QED) is 0.444. The number of alkyl carbamates (subject to hydrolysis) is 1. The van der Waals surface area contributed by atoms with E-state index in [0.29, 0.717) is 44.5 Å². The Hall–Kier alpha value is -2.97. The minimum atomic E-state index is -0.635. The number of ether oxygens (including phenoxy) is 1. The number of halogens is 1. The summed E-state index contributed by atoms with van der Waals surface area (Å²) in [6.45, 7) is 3.71. The first-order valence-corrected chi connectivity index (χ1v) is 13.7. The van der Waals surface area contributed by atoms with E-state index in [1.54, 1.807) is 6.07 Å². The number of nitrogens with one attached hydrogen (secondary N) is 1. The molecule has 8 heteroatoms. The summed E-state index contributed by atoms with van der Waals surface area (Å²) < 4.78 is 20.1. The number of hydrogen-bond acceptors (Lipinski definition) is 5. The van der Waals surface area contributed by atoms with Crippen LogP contribution in [0.3, 0.4) is 0 Å². The first-order chi connectivity index (χ1) is 18.3. The highest BCUT2D eigenvalue weighted by Crippen LogP contribution is 2.41. The third kappa shape index (κ3) is 6.53. The van der Waals surface area contributed by atoms with Crippen LogP contribution in [0.25, 0.3) is 11.1 Å². The van der Waals surface area contributed by atoms with Crippen LogP contribution < -0.4 is 11.1 Å². The van der Waals surface area contributed by atoms with E-state index in [0.717, 1.165) is 36.0 Å². The summed E-state index contributed by atoms with van der Waals surface area (Å²) in [5.74, 6) is -0.322. The molecule has 0 aromatic heterocycles. The van der Waals surface area contributed by atoms with Crippen LogP contribution in [-0.4, -0.2) is 60.9 Å². The summed E-state index contributed by atoms with van der Waals surface area (Å²) >= 11 is 0. The van der Waals surface area contributed by atoms with E-state index in [-0.39, 0.29) is 35.5 Å². The second kappa shape index (κ2) is 12.7. The smallest absolute Gasteiger partial charge is 0.406 e. The molecule has 4 N–H and O–H groups in total. The molecule has 0 bridgehead atoms. The maximum absolute atomic E-state index is 15.4. The number of aliphatic hydroxyl groups is 1. The predicted octanol–water partition coefficient (Wildman–Crippen LogP) is 4.36. The van der Waals surface area contributed by atoms with Crippen molar-refractivity contribution in [3.8, 4) is 11.1 Å². The van der Waals surface area contributed by atoms with E-state index >= 15 is 4.39 Å². The number of amides is 2. The topological polar surface area (TPSA) is 105 Å². The van der Waals surface area contributed by atoms with Gasteiger partial charge in [-0.15, -0.1) is 0 Å². The summed E-state index contributed by atoms with van der Waals surface area (Å²) in [6.07, 6.45) is 3.02. The summed E-state index contributed by atoms with van der Waals surface area (Å²) in [5, 5.41) is 12.8. The number of methoxy groups -OCH3 is 1. The number of nitrogens with two attached hydrogens (primary N) is 1. The molecule has 0 radical (unpaired) electrons. The van der Waals surface area contributed by atoms with Crippen molar-refractivity contribution in [2.24, 2.45) is 17.6 Å². The molecule has 1 saturated carbocycles. The van der Waals surface area contributed by atoms with Gasteiger partial charge in [-0.05, 0) is 74.5 Å². The maximum Gasteiger partial charge on any atom is 0.406 e. The number of hydrogen-bond donors (Lipinski definition) is 3. The van der Waals surface area contributed by atoms with E-state index in [9.17, 15) is 14.7 Å². The number of benzene rings is 2. The van der Waals surface area contributed by atoms with Crippen molar-refractivity contribution in [3.63, 3.8) is 0 Å². The lowest BCUT2D eigenvalue weighted by Crippen LogP contribution is -2.44. The Balaban J connectivity index is 1.61. The molecule has 2 aromatic rings. The number of piperidine rings is 1. The molecule has 5 atom stereocenters. The monoisotopic (exact) mass is 525 g/mol. The molecule has 2 fully saturated rings. The second-order valence-electron chi connectivity index (χ2n) is 10.8. The molecule has 4 rings (SSSR count). The zero-order chi connectivity index (χ0) is 27.2. The van der Waals surface area contributed by atoms with Gasteiger partial charge in [-0.3, -0.25) is 4.79 Å². The van der Waals surface area contributed by atoms with Crippen molar-refractivity contribution in [2.45, 2.75) is 63.5 Å². The van der Waals surface area contributed by atoms with Crippen molar-refractivity contribution < 1.29 is 23.8 Å². The normalized spacial score (nSPS) is 24.2. The van der Waals surface area contributed by atoms with Gasteiger partial charge in [0, 0.05) is 37.2 Å². The van der Waals surface area contributed by atoms with Crippen molar-refractivity contribution >= 4 is 12.0 Å². The van der Waals surface area contributed by atoms with Crippen molar-refractivity contribution in [1.82, 2.24) is 10.2 Å². The Morgan fingerprint density at radius 1 is 1.24 bits per heavy atom. The fourth-order valence-corrected chi connectivity index (χ4v) is 6.23. The molecule has 0 spiro atoms. The van der Waals surface area contributed by atoms with E-state index in [1.165, 1.54) is 13.2 Å². The third-order valence-corrected chi connectivity index (χ3v) is 8.16. The number of carbonyl (C=O) groups is 2. The summed E-state index contributed by atoms with van der Waals surface area (Å²) in [7, 11) is 1.34. The highest BCUT2D eigenvalue weighted by molar-refractivity contribution is 5.79. The predicted molar refractivity (Wildman–Crippen MR) is 145 cm³/mol. The molecule has 7 nitrogen and oxygen atoms in total. The van der Waals surface area contributed by atoms with E-state index in [4.69, 9.17) is 10.5 Å². The molecule has 206 valence electrons. The fraction of sp³-hybridized carbons (Fsp3) is 0.533. The highest BCUT2D eigenvalue weighted by Gasteiger charge is 2.39. The Kier molecular flexibility index (Phi) is 9.39. The van der Waals surface area contributed by atoms with Crippen LogP contribution in [0.2, 0.25) is 0 Å². The molecule has 0 unspecified atom stereocenters. The Morgan fingerprint density at radius 3 is 2.74 bits per heavy atom. The Labute approximate surface area is 224 Å². The van der Waals surface area contributed by atoms with E-state index in [1.807, 2.05) is 42.2 Å². The minimum Gasteiger partial charge on any atom is -0.453 e. The second-order valence-corrected chi connectivity index (χ2v) is 10.8. The van der Waals surface area contributed by atoms with Crippen molar-refractivity contribution in [3.05, 3.63) is 59.4 Å². The average Bonchev–Trinajstić information content (AvgIpc) is 3.25. The standard InChI is InChI=1S/C30H40FN3O4/c1-19-7-3-8-20(15-19)28-24(10-4-12-25(28)31)23(11-5-13-33-30(37)38-2)21-9-6-14-34(18-21)29(36)22-16-26(32)27(35)17-22/h3-4,7-8,10,12,15,21-23,26-27,35H,5-6,9,11,13-14,16-18,32H2,1-2H3,(H,33,37)/t21-,22-,23-,26+,27-/m0/s1. The highest BCUT2D eigenvalue weighted by atomic mass is 19.1. The zero-order valence-corrected chi connectivity index (χ0v) is 22.4. The van der Waals surface area contributed by atoms with E-state index < -0.39 is 12.2 Å². The number of aliphatic hydroxyl groups excluding tert-OH is 1. The SMILES string of the molecule is COC(=O)NCCC[C@H](c1cccc(F)c1-c1cccc(C)c1)[C@H]1CCCN(C(=O)[C@H]2C[C@@H](N)[C@@H](O)C2)C1. The van der Waals surface area contributed by atoms with Gasteiger partial charge in [0.2, 0.25) is 5.91 Å². The largest absolute Gasteiger partial charge is 0.453 e. The third-order valence-electron chi connectivity index (χ3n) is 8.16. The Bertz CT molecular complexity index is 1120. The summed E-state index contributed by atoms with van der Waals surface area (Å²) in [5.41, 5.74) is 9.43. The van der Waals surface area contributed by atoms with Gasteiger partial charge in [0.1, 0.15) is 5.82 Å². The average molecular weight is 526 g/mol. The molecule has 1 saturated heterocycles. The lowest BCUT2D eigenvalue weighted by molar-refractivity contribution is -0.137. The van der Waals surface area contributed by atoms with Gasteiger partial charge in [0.05, 0.1) is 13.2 Å². The van der Waals surface area contributed by atoms with Crippen molar-refractivity contribution in [1.29, 1.82) is 0 Å². The van der Waals surface area contributed by atoms with Gasteiger partial charge in [0.15, 0.2) is 0 Å². The molecular weight excluding hydrogens is 485 g/mol. The number of nitrogens with zero attached hydrogens (tertiary/aromatic N) is 1. The van der Waals surface area contributed by atoms with Gasteiger partial charge in [-0.25, -0.2) is 9.18 Å². The number of aryl methyl sites for hydroxylation is 1. The van der Waals surface area contributed by atoms with Crippen LogP contribution in [0.4, 0.5) is 9.18 Å². The first-order valence-electron chi connectivity index (χ1n) is 13.7. The molecule has 38 heavy (non-hydrogen) atoms. The molecule has 1 heterocycles. The van der Waals surface area contributed by atoms with Gasteiger partial charge >= 0.3 is 6.09 Å². The van der Waals surface area contributed by atoms with Crippen LogP contribution in [0.15, 0.2) is 42.5 Å². The molecule has 2 aromatic carbocycles. The molecule has 2 aliphatic rings. The van der Waals surface area contributed by atoms with Gasteiger partial charge in [-0.1, -0.05) is 42.0 Å². The lowest BCUT2D eigenvalue weighted by atomic mass is 9.75. The van der Waals surface area contributed by atoms with Crippen molar-refractivity contribution in [2.75, 3.05) is 26.7 Å². The van der Waals surface area contributed by atoms with Crippen LogP contribution in [0, 0.1) is 24.6 Å². The summed E-state index contributed by atoms with van der Waals surface area (Å²) in [4.78, 5) is 26.9. The molecular formula is C30H40FN3O4. The molecule has 1 aliphatic carbocycles. The van der Waals surface area contributed by atoms with E-state index in [2.05, 4.69) is 5.32 Å². The molecule has 1 aliphatic heterocycles. The number of rotatable bonds is 8. The lowest BCUT2D eigenvalue weighted by Gasteiger charge is -2.39. The fourth-order valence-electron chi connectivity index (χ4n) is 6.23.